The van der Waals surface area contributed by atoms with Gasteiger partial charge in [0.1, 0.15) is 0 Å². The van der Waals surface area contributed by atoms with Crippen LogP contribution in [-0.2, 0) is 11.2 Å². The van der Waals surface area contributed by atoms with Crippen molar-refractivity contribution in [1.82, 2.24) is 5.32 Å². The summed E-state index contributed by atoms with van der Waals surface area (Å²) in [6.07, 6.45) is 8.80. The van der Waals surface area contributed by atoms with Crippen molar-refractivity contribution in [2.75, 3.05) is 17.3 Å². The maximum atomic E-state index is 12.2. The van der Waals surface area contributed by atoms with Gasteiger partial charge in [0.2, 0.25) is 5.91 Å². The second-order valence-electron chi connectivity index (χ2n) is 6.67. The molecule has 5 heteroatoms. The van der Waals surface area contributed by atoms with E-state index in [0.29, 0.717) is 24.4 Å². The molecule has 128 valence electrons. The molecule has 0 saturated carbocycles. The number of carbonyl (C=O) groups excluding carboxylic acids is 1. The molecule has 3 rings (SSSR count). The molecule has 1 aromatic rings. The van der Waals surface area contributed by atoms with Gasteiger partial charge in [0.25, 0.3) is 0 Å². The average molecular weight is 355 g/mol. The Morgan fingerprint density at radius 1 is 1.22 bits per heavy atom. The Hall–Kier alpha value is -0.710. The van der Waals surface area contributed by atoms with Crippen molar-refractivity contribution in [2.45, 2.75) is 50.6 Å². The molecular weight excluding hydrogens is 328 g/mol. The molecule has 3 nitrogen and oxygen atoms in total. The van der Waals surface area contributed by atoms with E-state index in [9.17, 15) is 4.79 Å². The largest absolute Gasteiger partial charge is 0.326 e. The van der Waals surface area contributed by atoms with E-state index in [1.54, 1.807) is 0 Å². The Morgan fingerprint density at radius 3 is 2.48 bits per heavy atom. The summed E-state index contributed by atoms with van der Waals surface area (Å²) in [5, 5.41) is 6.69. The highest BCUT2D eigenvalue weighted by Gasteiger charge is 2.34. The van der Waals surface area contributed by atoms with Gasteiger partial charge in [-0.3, -0.25) is 4.79 Å². The Labute approximate surface area is 149 Å². The number of halogens is 1. The zero-order valence-electron chi connectivity index (χ0n) is 13.7. The van der Waals surface area contributed by atoms with Gasteiger partial charge in [-0.2, -0.15) is 11.8 Å². The number of benzene rings is 1. The summed E-state index contributed by atoms with van der Waals surface area (Å²) < 4.78 is 0. The third-order valence-electron chi connectivity index (χ3n) is 4.88. The minimum atomic E-state index is 0. The molecule has 2 heterocycles. The molecule has 2 saturated heterocycles. The first-order chi connectivity index (χ1) is 10.7. The molecule has 0 radical (unpaired) electrons. The van der Waals surface area contributed by atoms with Crippen molar-refractivity contribution in [1.29, 1.82) is 0 Å². The SMILES string of the molecule is CSCCc1ccc(NC(=O)CC2CC3CCC(C2)N3)cc1.Cl. The number of nitrogens with one attached hydrogen (secondary N) is 2. The molecule has 1 amide bonds. The van der Waals surface area contributed by atoms with Crippen molar-refractivity contribution < 1.29 is 4.79 Å². The van der Waals surface area contributed by atoms with Gasteiger partial charge in [-0.15, -0.1) is 12.4 Å². The smallest absolute Gasteiger partial charge is 0.224 e. The highest BCUT2D eigenvalue weighted by molar-refractivity contribution is 7.98. The summed E-state index contributed by atoms with van der Waals surface area (Å²) in [7, 11) is 0. The fraction of sp³-hybridized carbons (Fsp3) is 0.611. The zero-order valence-corrected chi connectivity index (χ0v) is 15.3. The summed E-state index contributed by atoms with van der Waals surface area (Å²) in [6, 6.07) is 9.62. The molecular formula is C18H27ClN2OS. The lowest BCUT2D eigenvalue weighted by Crippen LogP contribution is -2.39. The standard InChI is InChI=1S/C18H26N2OS.ClH/c1-22-9-8-13-2-4-15(5-3-13)20-18(21)12-14-10-16-6-7-17(11-14)19-16;/h2-5,14,16-17,19H,6-12H2,1H3,(H,20,21);1H. The monoisotopic (exact) mass is 354 g/mol. The fourth-order valence-corrected chi connectivity index (χ4v) is 4.23. The van der Waals surface area contributed by atoms with Crippen molar-refractivity contribution in [3.8, 4) is 0 Å². The van der Waals surface area contributed by atoms with Crippen LogP contribution in [0.1, 0.15) is 37.7 Å². The molecule has 23 heavy (non-hydrogen) atoms. The van der Waals surface area contributed by atoms with E-state index in [-0.39, 0.29) is 18.3 Å². The van der Waals surface area contributed by atoms with E-state index in [1.807, 2.05) is 23.9 Å². The lowest BCUT2D eigenvalue weighted by Gasteiger charge is -2.28. The summed E-state index contributed by atoms with van der Waals surface area (Å²) in [6.45, 7) is 0. The second kappa shape index (κ2) is 8.95. The van der Waals surface area contributed by atoms with Crippen LogP contribution in [0.2, 0.25) is 0 Å². The van der Waals surface area contributed by atoms with Crippen molar-refractivity contribution in [3.63, 3.8) is 0 Å². The van der Waals surface area contributed by atoms with Crippen LogP contribution in [0, 0.1) is 5.92 Å². The normalized spacial score (nSPS) is 25.7. The predicted octanol–water partition coefficient (Wildman–Crippen LogP) is 3.87. The number of anilines is 1. The van der Waals surface area contributed by atoms with Crippen LogP contribution >= 0.6 is 24.2 Å². The molecule has 0 aromatic heterocycles. The third kappa shape index (κ3) is 5.40. The van der Waals surface area contributed by atoms with Gasteiger partial charge in [-0.1, -0.05) is 12.1 Å². The number of aryl methyl sites for hydroxylation is 1. The van der Waals surface area contributed by atoms with Gasteiger partial charge >= 0.3 is 0 Å². The number of thioether (sulfide) groups is 1. The number of hydrogen-bond donors (Lipinski definition) is 2. The summed E-state index contributed by atoms with van der Waals surface area (Å²) in [4.78, 5) is 12.2. The van der Waals surface area contributed by atoms with Gasteiger partial charge in [-0.05, 0) is 67.7 Å². The van der Waals surface area contributed by atoms with Crippen molar-refractivity contribution in [2.24, 2.45) is 5.92 Å². The van der Waals surface area contributed by atoms with Gasteiger partial charge in [0.05, 0.1) is 0 Å². The number of piperidine rings is 1. The van der Waals surface area contributed by atoms with Crippen LogP contribution in [0.25, 0.3) is 0 Å². The van der Waals surface area contributed by atoms with E-state index in [4.69, 9.17) is 0 Å². The van der Waals surface area contributed by atoms with E-state index in [0.717, 1.165) is 30.7 Å². The Balaban J connectivity index is 0.00000192. The number of rotatable bonds is 6. The van der Waals surface area contributed by atoms with Gasteiger partial charge in [0, 0.05) is 24.2 Å². The van der Waals surface area contributed by atoms with Crippen LogP contribution in [0.5, 0.6) is 0 Å². The zero-order chi connectivity index (χ0) is 15.4. The number of amides is 1. The quantitative estimate of drug-likeness (QED) is 0.814. The molecule has 2 N–H and O–H groups in total. The van der Waals surface area contributed by atoms with E-state index in [1.165, 1.54) is 18.4 Å². The van der Waals surface area contributed by atoms with E-state index >= 15 is 0 Å². The second-order valence-corrected chi connectivity index (χ2v) is 7.65. The first-order valence-electron chi connectivity index (χ1n) is 8.36. The average Bonchev–Trinajstić information content (AvgIpc) is 2.85. The number of hydrogen-bond acceptors (Lipinski definition) is 3. The van der Waals surface area contributed by atoms with Crippen LogP contribution in [0.4, 0.5) is 5.69 Å². The fourth-order valence-electron chi connectivity index (χ4n) is 3.79. The van der Waals surface area contributed by atoms with Crippen LogP contribution < -0.4 is 10.6 Å². The topological polar surface area (TPSA) is 41.1 Å². The van der Waals surface area contributed by atoms with Crippen molar-refractivity contribution >= 4 is 35.8 Å². The molecule has 0 aliphatic carbocycles. The lowest BCUT2D eigenvalue weighted by atomic mass is 9.89. The van der Waals surface area contributed by atoms with Gasteiger partial charge in [-0.25, -0.2) is 0 Å². The minimum Gasteiger partial charge on any atom is -0.326 e. The lowest BCUT2D eigenvalue weighted by molar-refractivity contribution is -0.117. The molecule has 2 unspecified atom stereocenters. The molecule has 2 atom stereocenters. The molecule has 2 bridgehead atoms. The first kappa shape index (κ1) is 18.6. The predicted molar refractivity (Wildman–Crippen MR) is 102 cm³/mol. The summed E-state index contributed by atoms with van der Waals surface area (Å²) in [5.74, 6) is 1.87. The van der Waals surface area contributed by atoms with Crippen LogP contribution in [0.3, 0.4) is 0 Å². The maximum Gasteiger partial charge on any atom is 0.224 e. The molecule has 2 aliphatic heterocycles. The first-order valence-corrected chi connectivity index (χ1v) is 9.76. The Morgan fingerprint density at radius 2 is 1.87 bits per heavy atom. The number of carbonyl (C=O) groups is 1. The van der Waals surface area contributed by atoms with Crippen LogP contribution in [0.15, 0.2) is 24.3 Å². The maximum absolute atomic E-state index is 12.2. The number of fused-ring (bicyclic) bond motifs is 2. The molecule has 2 fully saturated rings. The highest BCUT2D eigenvalue weighted by Crippen LogP contribution is 2.32. The van der Waals surface area contributed by atoms with Gasteiger partial charge < -0.3 is 10.6 Å². The Kier molecular flexibility index (Phi) is 7.25. The Bertz CT molecular complexity index is 496. The minimum absolute atomic E-state index is 0. The van der Waals surface area contributed by atoms with E-state index < -0.39 is 0 Å². The van der Waals surface area contributed by atoms with Crippen molar-refractivity contribution in [3.05, 3.63) is 29.8 Å². The summed E-state index contributed by atoms with van der Waals surface area (Å²) >= 11 is 1.86. The third-order valence-corrected chi connectivity index (χ3v) is 5.49. The van der Waals surface area contributed by atoms with Crippen LogP contribution in [-0.4, -0.2) is 30.0 Å². The molecule has 2 aliphatic rings. The summed E-state index contributed by atoms with van der Waals surface area (Å²) in [5.41, 5.74) is 2.26. The van der Waals surface area contributed by atoms with E-state index in [2.05, 4.69) is 29.0 Å². The highest BCUT2D eigenvalue weighted by atomic mass is 35.5. The molecule has 1 aromatic carbocycles. The molecule has 0 spiro atoms. The van der Waals surface area contributed by atoms with Gasteiger partial charge in [0.15, 0.2) is 0 Å².